The Kier molecular flexibility index (Phi) is 4.14. The SMILES string of the molecule is C.NS(=O)(=O)NO. The minimum absolute atomic E-state index is 0. The van der Waals surface area contributed by atoms with Crippen LogP contribution < -0.4 is 10.0 Å². The quantitative estimate of drug-likeness (QED) is 0.387. The Balaban J connectivity index is 0. The Morgan fingerprint density at radius 3 is 1.71 bits per heavy atom. The van der Waals surface area contributed by atoms with Crippen molar-refractivity contribution in [2.24, 2.45) is 5.14 Å². The van der Waals surface area contributed by atoms with Crippen LogP contribution in [0.4, 0.5) is 0 Å². The second kappa shape index (κ2) is 2.92. The third kappa shape index (κ3) is 10.7. The monoisotopic (exact) mass is 128 g/mol. The molecule has 0 aromatic carbocycles. The minimum atomic E-state index is -3.86. The van der Waals surface area contributed by atoms with Crippen LogP contribution in [0.1, 0.15) is 7.43 Å². The molecule has 0 aromatic heterocycles. The van der Waals surface area contributed by atoms with Crippen molar-refractivity contribution in [3.05, 3.63) is 0 Å². The van der Waals surface area contributed by atoms with Crippen molar-refractivity contribution in [1.82, 2.24) is 4.89 Å². The van der Waals surface area contributed by atoms with Crippen LogP contribution in [0.2, 0.25) is 0 Å². The number of nitrogens with two attached hydrogens (primary N) is 1. The van der Waals surface area contributed by atoms with Crippen LogP contribution in [0.25, 0.3) is 0 Å². The highest BCUT2D eigenvalue weighted by Crippen LogP contribution is 1.53. The molecule has 0 saturated carbocycles. The van der Waals surface area contributed by atoms with E-state index in [1.165, 1.54) is 0 Å². The van der Waals surface area contributed by atoms with Gasteiger partial charge in [-0.25, -0.2) is 5.14 Å². The van der Waals surface area contributed by atoms with Gasteiger partial charge in [0.2, 0.25) is 0 Å². The number of hydrogen-bond acceptors (Lipinski definition) is 3. The molecule has 0 rings (SSSR count). The Labute approximate surface area is 42.3 Å². The first-order valence-electron chi connectivity index (χ1n) is 0.997. The van der Waals surface area contributed by atoms with Gasteiger partial charge in [0.1, 0.15) is 0 Å². The van der Waals surface area contributed by atoms with Gasteiger partial charge in [-0.1, -0.05) is 12.3 Å². The molecule has 7 heavy (non-hydrogen) atoms. The summed E-state index contributed by atoms with van der Waals surface area (Å²) >= 11 is 0. The number of rotatable bonds is 1. The fourth-order valence-corrected chi connectivity index (χ4v) is 0. The smallest absolute Gasteiger partial charge is 0.296 e. The average Bonchev–Trinajstić information content (AvgIpc) is 1.35. The van der Waals surface area contributed by atoms with Crippen molar-refractivity contribution in [2.45, 2.75) is 7.43 Å². The van der Waals surface area contributed by atoms with Crippen molar-refractivity contribution in [1.29, 1.82) is 0 Å². The molecule has 0 saturated heterocycles. The van der Waals surface area contributed by atoms with Crippen molar-refractivity contribution < 1.29 is 13.6 Å². The van der Waals surface area contributed by atoms with Gasteiger partial charge in [0, 0.05) is 0 Å². The molecule has 0 heterocycles. The van der Waals surface area contributed by atoms with E-state index in [1.807, 2.05) is 0 Å². The van der Waals surface area contributed by atoms with Crippen LogP contribution in [0.5, 0.6) is 0 Å². The fourth-order valence-electron chi connectivity index (χ4n) is 0. The van der Waals surface area contributed by atoms with E-state index in [1.54, 1.807) is 0 Å². The molecule has 0 unspecified atom stereocenters. The predicted octanol–water partition coefficient (Wildman–Crippen LogP) is -1.20. The lowest BCUT2D eigenvalue weighted by atomic mass is 12.0. The van der Waals surface area contributed by atoms with E-state index >= 15 is 0 Å². The summed E-state index contributed by atoms with van der Waals surface area (Å²) in [5, 5.41) is 11.6. The van der Waals surface area contributed by atoms with Crippen LogP contribution in [-0.4, -0.2) is 13.6 Å². The molecule has 0 bridgehead atoms. The van der Waals surface area contributed by atoms with E-state index in [9.17, 15) is 8.42 Å². The number of hydrogen-bond donors (Lipinski definition) is 3. The lowest BCUT2D eigenvalue weighted by Gasteiger charge is -1.84. The molecule has 0 fully saturated rings. The lowest BCUT2D eigenvalue weighted by Crippen LogP contribution is -2.27. The van der Waals surface area contributed by atoms with Crippen LogP contribution >= 0.6 is 0 Å². The van der Waals surface area contributed by atoms with E-state index in [0.29, 0.717) is 0 Å². The second-order valence-corrected chi connectivity index (χ2v) is 1.91. The Morgan fingerprint density at radius 2 is 1.71 bits per heavy atom. The predicted molar refractivity (Wildman–Crippen MR) is 24.8 cm³/mol. The molecular weight excluding hydrogens is 120 g/mol. The van der Waals surface area contributed by atoms with Crippen molar-refractivity contribution >= 4 is 10.2 Å². The maximum atomic E-state index is 9.42. The van der Waals surface area contributed by atoms with E-state index in [2.05, 4.69) is 5.14 Å². The molecule has 0 aromatic rings. The summed E-state index contributed by atoms with van der Waals surface area (Å²) in [6.07, 6.45) is 0. The molecule has 6 heteroatoms. The zero-order chi connectivity index (χ0) is 5.21. The third-order valence-corrected chi connectivity index (χ3v) is 0.382. The maximum absolute atomic E-state index is 9.42. The summed E-state index contributed by atoms with van der Waals surface area (Å²) in [6.45, 7) is 0. The summed E-state index contributed by atoms with van der Waals surface area (Å²) in [4.78, 5) is 0.854. The van der Waals surface area contributed by atoms with Crippen molar-refractivity contribution in [2.75, 3.05) is 0 Å². The van der Waals surface area contributed by atoms with Crippen molar-refractivity contribution in [3.63, 3.8) is 0 Å². The van der Waals surface area contributed by atoms with Gasteiger partial charge in [0.25, 0.3) is 10.2 Å². The van der Waals surface area contributed by atoms with Crippen molar-refractivity contribution in [3.8, 4) is 0 Å². The summed E-state index contributed by atoms with van der Waals surface area (Å²) in [5.74, 6) is 0. The zero-order valence-electron chi connectivity index (χ0n) is 2.75. The molecule has 0 amide bonds. The Morgan fingerprint density at radius 1 is 1.57 bits per heavy atom. The first kappa shape index (κ1) is 9.95. The lowest BCUT2D eigenvalue weighted by molar-refractivity contribution is 0.243. The van der Waals surface area contributed by atoms with Gasteiger partial charge in [0.05, 0.1) is 0 Å². The van der Waals surface area contributed by atoms with E-state index < -0.39 is 10.2 Å². The molecule has 5 nitrogen and oxygen atoms in total. The van der Waals surface area contributed by atoms with Crippen LogP contribution in [0.3, 0.4) is 0 Å². The minimum Gasteiger partial charge on any atom is -0.301 e. The first-order chi connectivity index (χ1) is 2.56. The third-order valence-electron chi connectivity index (χ3n) is 0.127. The van der Waals surface area contributed by atoms with Gasteiger partial charge in [-0.3, -0.25) is 0 Å². The van der Waals surface area contributed by atoms with Gasteiger partial charge in [-0.15, -0.1) is 0 Å². The highest BCUT2D eigenvalue weighted by Gasteiger charge is 1.90. The zero-order valence-corrected chi connectivity index (χ0v) is 3.57. The molecule has 0 aliphatic rings. The van der Waals surface area contributed by atoms with E-state index in [4.69, 9.17) is 5.21 Å². The Hall–Kier alpha value is -0.170. The summed E-state index contributed by atoms with van der Waals surface area (Å²) in [7, 11) is -3.86. The molecule has 0 radical (unpaired) electrons. The first-order valence-corrected chi connectivity index (χ1v) is 2.54. The summed E-state index contributed by atoms with van der Waals surface area (Å²) < 4.78 is 18.8. The topological polar surface area (TPSA) is 92.4 Å². The van der Waals surface area contributed by atoms with Gasteiger partial charge in [-0.2, -0.15) is 8.42 Å². The van der Waals surface area contributed by atoms with Gasteiger partial charge in [0.15, 0.2) is 0 Å². The van der Waals surface area contributed by atoms with Gasteiger partial charge >= 0.3 is 0 Å². The maximum Gasteiger partial charge on any atom is 0.296 e. The number of nitrogens with one attached hydrogen (secondary N) is 1. The van der Waals surface area contributed by atoms with Crippen LogP contribution in [0.15, 0.2) is 0 Å². The summed E-state index contributed by atoms with van der Waals surface area (Å²) in [6, 6.07) is 0. The Bertz CT molecular complexity index is 115. The molecule has 0 spiro atoms. The standard InChI is InChI=1S/CH4.H4N2O3S/c;1-6(4,5)2-3/h1H4;2-3H,(H2,1,4,5). The van der Waals surface area contributed by atoms with E-state index in [0.717, 1.165) is 4.89 Å². The van der Waals surface area contributed by atoms with Crippen LogP contribution in [0, 0.1) is 0 Å². The largest absolute Gasteiger partial charge is 0.301 e. The highest BCUT2D eigenvalue weighted by atomic mass is 32.2. The summed E-state index contributed by atoms with van der Waals surface area (Å²) in [5.41, 5.74) is 0. The second-order valence-electron chi connectivity index (χ2n) is 0.636. The average molecular weight is 128 g/mol. The molecular formula is CH8N2O3S. The normalized spacial score (nSPS) is 10.0. The molecule has 0 aliphatic carbocycles. The molecule has 0 aliphatic heterocycles. The van der Waals surface area contributed by atoms with Gasteiger partial charge < -0.3 is 5.21 Å². The van der Waals surface area contributed by atoms with Crippen LogP contribution in [-0.2, 0) is 10.2 Å². The highest BCUT2D eigenvalue weighted by molar-refractivity contribution is 7.87. The van der Waals surface area contributed by atoms with E-state index in [-0.39, 0.29) is 7.43 Å². The van der Waals surface area contributed by atoms with Gasteiger partial charge in [-0.05, 0) is 0 Å². The molecule has 0 atom stereocenters. The molecule has 4 N–H and O–H groups in total. The molecule has 46 valence electrons. The fraction of sp³-hybridized carbons (Fsp3) is 1.00.